The minimum Gasteiger partial charge on any atom is -0.258 e. The molecular weight excluding hydrogens is 216 g/mol. The summed E-state index contributed by atoms with van der Waals surface area (Å²) in [6.07, 6.45) is 1.90. The summed E-state index contributed by atoms with van der Waals surface area (Å²) in [5.74, 6) is 0.364. The second kappa shape index (κ2) is 5.07. The summed E-state index contributed by atoms with van der Waals surface area (Å²) in [6.45, 7) is 4.06. The maximum absolute atomic E-state index is 10.4. The van der Waals surface area contributed by atoms with Gasteiger partial charge in [-0.15, -0.1) is 11.6 Å². The third-order valence-corrected chi connectivity index (χ3v) is 2.81. The van der Waals surface area contributed by atoms with Gasteiger partial charge in [-0.3, -0.25) is 15.1 Å². The lowest BCUT2D eigenvalue weighted by atomic mass is 10.1. The Balaban J connectivity index is 2.68. The van der Waals surface area contributed by atoms with Crippen LogP contribution in [0.2, 0.25) is 0 Å². The van der Waals surface area contributed by atoms with Crippen molar-refractivity contribution in [2.75, 3.05) is 0 Å². The lowest BCUT2D eigenvalue weighted by Crippen LogP contribution is -2.12. The Morgan fingerprint density at radius 3 is 2.60 bits per heavy atom. The molecule has 0 aliphatic heterocycles. The Morgan fingerprint density at radius 2 is 2.20 bits per heavy atom. The van der Waals surface area contributed by atoms with E-state index < -0.39 is 4.92 Å². The standard InChI is InChI=1S/C10H13ClN2O2/c1-7(2)10(11)5-8-3-4-9(6-12-8)13(14)15/h3-4,6-7,10H,5H2,1-2H3. The van der Waals surface area contributed by atoms with E-state index >= 15 is 0 Å². The van der Waals surface area contributed by atoms with E-state index in [-0.39, 0.29) is 11.1 Å². The van der Waals surface area contributed by atoms with Crippen molar-refractivity contribution >= 4 is 17.3 Å². The second-order valence-corrected chi connectivity index (χ2v) is 4.29. The van der Waals surface area contributed by atoms with Crippen LogP contribution in [0, 0.1) is 16.0 Å². The van der Waals surface area contributed by atoms with Crippen LogP contribution in [0.25, 0.3) is 0 Å². The summed E-state index contributed by atoms with van der Waals surface area (Å²) in [5, 5.41) is 10.4. The molecule has 0 saturated carbocycles. The Hall–Kier alpha value is -1.16. The molecule has 0 amide bonds. The van der Waals surface area contributed by atoms with Crippen molar-refractivity contribution in [3.8, 4) is 0 Å². The van der Waals surface area contributed by atoms with Crippen molar-refractivity contribution in [2.24, 2.45) is 5.92 Å². The van der Waals surface area contributed by atoms with Crippen molar-refractivity contribution in [1.82, 2.24) is 4.98 Å². The largest absolute Gasteiger partial charge is 0.287 e. The lowest BCUT2D eigenvalue weighted by molar-refractivity contribution is -0.385. The molecule has 0 radical (unpaired) electrons. The Bertz CT molecular complexity index is 338. The smallest absolute Gasteiger partial charge is 0.258 e. The summed E-state index contributed by atoms with van der Waals surface area (Å²) >= 11 is 6.08. The van der Waals surface area contributed by atoms with Gasteiger partial charge in [-0.05, 0) is 12.0 Å². The zero-order chi connectivity index (χ0) is 11.4. The fraction of sp³-hybridized carbons (Fsp3) is 0.500. The summed E-state index contributed by atoms with van der Waals surface area (Å²) in [4.78, 5) is 13.9. The normalized spacial score (nSPS) is 12.8. The van der Waals surface area contributed by atoms with Crippen LogP contribution in [-0.2, 0) is 6.42 Å². The molecule has 82 valence electrons. The van der Waals surface area contributed by atoms with Gasteiger partial charge in [0, 0.05) is 23.6 Å². The summed E-state index contributed by atoms with van der Waals surface area (Å²) in [5.41, 5.74) is 0.795. The Morgan fingerprint density at radius 1 is 1.53 bits per heavy atom. The van der Waals surface area contributed by atoms with E-state index in [0.717, 1.165) is 5.69 Å². The van der Waals surface area contributed by atoms with E-state index in [1.54, 1.807) is 6.07 Å². The average Bonchev–Trinajstić information content (AvgIpc) is 2.18. The minimum absolute atomic E-state index is 0.00872. The number of rotatable bonds is 4. The van der Waals surface area contributed by atoms with E-state index in [2.05, 4.69) is 4.98 Å². The second-order valence-electron chi connectivity index (χ2n) is 3.73. The molecule has 0 aliphatic rings. The van der Waals surface area contributed by atoms with Crippen LogP contribution in [0.5, 0.6) is 0 Å². The molecule has 0 saturated heterocycles. The van der Waals surface area contributed by atoms with Crippen molar-refractivity contribution in [3.63, 3.8) is 0 Å². The van der Waals surface area contributed by atoms with Crippen LogP contribution in [0.1, 0.15) is 19.5 Å². The summed E-state index contributed by atoms with van der Waals surface area (Å²) < 4.78 is 0. The highest BCUT2D eigenvalue weighted by Gasteiger charge is 2.12. The third kappa shape index (κ3) is 3.47. The van der Waals surface area contributed by atoms with Gasteiger partial charge < -0.3 is 0 Å². The van der Waals surface area contributed by atoms with Crippen LogP contribution in [0.4, 0.5) is 5.69 Å². The molecule has 0 bridgehead atoms. The minimum atomic E-state index is -0.461. The number of halogens is 1. The number of pyridine rings is 1. The number of hydrogen-bond acceptors (Lipinski definition) is 3. The monoisotopic (exact) mass is 228 g/mol. The molecule has 4 nitrogen and oxygen atoms in total. The zero-order valence-corrected chi connectivity index (χ0v) is 9.44. The summed E-state index contributed by atoms with van der Waals surface area (Å²) in [7, 11) is 0. The van der Waals surface area contributed by atoms with Gasteiger partial charge in [-0.2, -0.15) is 0 Å². The van der Waals surface area contributed by atoms with Gasteiger partial charge in [-0.25, -0.2) is 0 Å². The number of nitrogens with zero attached hydrogens (tertiary/aromatic N) is 2. The molecule has 0 aliphatic carbocycles. The Labute approximate surface area is 93.4 Å². The predicted molar refractivity (Wildman–Crippen MR) is 59.1 cm³/mol. The van der Waals surface area contributed by atoms with E-state index in [9.17, 15) is 10.1 Å². The molecule has 0 fully saturated rings. The van der Waals surface area contributed by atoms with Crippen LogP contribution < -0.4 is 0 Å². The first kappa shape index (κ1) is 11.9. The van der Waals surface area contributed by atoms with Crippen LogP contribution in [0.15, 0.2) is 18.3 Å². The van der Waals surface area contributed by atoms with E-state index in [0.29, 0.717) is 12.3 Å². The molecule has 0 spiro atoms. The van der Waals surface area contributed by atoms with Gasteiger partial charge in [0.1, 0.15) is 6.20 Å². The van der Waals surface area contributed by atoms with Gasteiger partial charge >= 0.3 is 0 Å². The highest BCUT2D eigenvalue weighted by atomic mass is 35.5. The first-order chi connectivity index (χ1) is 7.00. The number of hydrogen-bond donors (Lipinski definition) is 0. The van der Waals surface area contributed by atoms with Crippen LogP contribution >= 0.6 is 11.6 Å². The van der Waals surface area contributed by atoms with Gasteiger partial charge in [0.2, 0.25) is 0 Å². The van der Waals surface area contributed by atoms with Crippen molar-refractivity contribution in [2.45, 2.75) is 25.6 Å². The molecule has 1 heterocycles. The molecule has 0 N–H and O–H groups in total. The van der Waals surface area contributed by atoms with Gasteiger partial charge in [-0.1, -0.05) is 13.8 Å². The third-order valence-electron chi connectivity index (χ3n) is 2.15. The van der Waals surface area contributed by atoms with Crippen molar-refractivity contribution in [1.29, 1.82) is 0 Å². The molecule has 1 aromatic heterocycles. The first-order valence-electron chi connectivity index (χ1n) is 4.74. The lowest BCUT2D eigenvalue weighted by Gasteiger charge is -2.11. The maximum atomic E-state index is 10.4. The highest BCUT2D eigenvalue weighted by Crippen LogP contribution is 2.16. The van der Waals surface area contributed by atoms with Gasteiger partial charge in [0.15, 0.2) is 0 Å². The highest BCUT2D eigenvalue weighted by molar-refractivity contribution is 6.20. The summed E-state index contributed by atoms with van der Waals surface area (Å²) in [6, 6.07) is 3.10. The molecule has 15 heavy (non-hydrogen) atoms. The molecule has 1 unspecified atom stereocenters. The maximum Gasteiger partial charge on any atom is 0.287 e. The zero-order valence-electron chi connectivity index (χ0n) is 8.68. The number of aromatic nitrogens is 1. The molecule has 0 aromatic carbocycles. The van der Waals surface area contributed by atoms with E-state index in [1.165, 1.54) is 12.3 Å². The molecule has 1 rings (SSSR count). The molecule has 1 atom stereocenters. The van der Waals surface area contributed by atoms with Gasteiger partial charge in [0.25, 0.3) is 5.69 Å². The first-order valence-corrected chi connectivity index (χ1v) is 5.17. The molecule has 5 heteroatoms. The molecule has 1 aromatic rings. The topological polar surface area (TPSA) is 56.0 Å². The SMILES string of the molecule is CC(C)C(Cl)Cc1ccc([N+](=O)[O-])cn1. The predicted octanol–water partition coefficient (Wildman–Crippen LogP) is 2.80. The quantitative estimate of drug-likeness (QED) is 0.452. The number of nitro groups is 1. The van der Waals surface area contributed by atoms with Crippen molar-refractivity contribution in [3.05, 3.63) is 34.1 Å². The fourth-order valence-corrected chi connectivity index (χ4v) is 1.24. The molecular formula is C10H13ClN2O2. The average molecular weight is 229 g/mol. The Kier molecular flexibility index (Phi) is 4.03. The van der Waals surface area contributed by atoms with E-state index in [1.807, 2.05) is 13.8 Å². The van der Waals surface area contributed by atoms with Crippen LogP contribution in [-0.4, -0.2) is 15.3 Å². The van der Waals surface area contributed by atoms with Gasteiger partial charge in [0.05, 0.1) is 4.92 Å². The van der Waals surface area contributed by atoms with Crippen LogP contribution in [0.3, 0.4) is 0 Å². The fourth-order valence-electron chi connectivity index (χ4n) is 1.08. The van der Waals surface area contributed by atoms with E-state index in [4.69, 9.17) is 11.6 Å². The number of alkyl halides is 1. The van der Waals surface area contributed by atoms with Crippen molar-refractivity contribution < 1.29 is 4.92 Å².